The molecule has 0 aliphatic carbocycles. The van der Waals surface area contributed by atoms with Gasteiger partial charge in [0.1, 0.15) is 5.82 Å². The molecule has 0 spiro atoms. The number of benzene rings is 1. The van der Waals surface area contributed by atoms with Crippen LogP contribution in [0, 0.1) is 19.7 Å². The Morgan fingerprint density at radius 2 is 2.18 bits per heavy atom. The quantitative estimate of drug-likeness (QED) is 0.779. The fourth-order valence-electron chi connectivity index (χ4n) is 2.51. The minimum absolute atomic E-state index is 0.115. The molecular weight excluding hydrogens is 285 g/mol. The molecule has 3 aromatic rings. The summed E-state index contributed by atoms with van der Waals surface area (Å²) in [6, 6.07) is 4.67. The van der Waals surface area contributed by atoms with Gasteiger partial charge in [0.25, 0.3) is 5.91 Å². The number of amides is 1. The number of hydrogen-bond donors (Lipinski definition) is 2. The van der Waals surface area contributed by atoms with E-state index in [1.165, 1.54) is 0 Å². The third-order valence-corrected chi connectivity index (χ3v) is 3.71. The van der Waals surface area contributed by atoms with Gasteiger partial charge in [-0.15, -0.1) is 0 Å². The number of rotatable bonds is 3. The van der Waals surface area contributed by atoms with Crippen LogP contribution in [0.25, 0.3) is 10.9 Å². The second-order valence-corrected chi connectivity index (χ2v) is 5.37. The summed E-state index contributed by atoms with van der Waals surface area (Å²) in [5, 5.41) is 7.31. The highest BCUT2D eigenvalue weighted by Gasteiger charge is 2.20. The second kappa shape index (κ2) is 5.29. The van der Waals surface area contributed by atoms with E-state index in [0.717, 1.165) is 10.9 Å². The van der Waals surface area contributed by atoms with Gasteiger partial charge < -0.3 is 14.8 Å². The number of aromatic nitrogens is 2. The summed E-state index contributed by atoms with van der Waals surface area (Å²) in [5.74, 6) is -0.625. The van der Waals surface area contributed by atoms with E-state index in [2.05, 4.69) is 15.5 Å². The van der Waals surface area contributed by atoms with Gasteiger partial charge in [-0.05, 0) is 32.9 Å². The Kier molecular flexibility index (Phi) is 3.44. The molecule has 22 heavy (non-hydrogen) atoms. The first-order valence-corrected chi connectivity index (χ1v) is 6.97. The number of carbonyl (C=O) groups is 1. The van der Waals surface area contributed by atoms with Crippen molar-refractivity contribution in [1.29, 1.82) is 0 Å². The standard InChI is InChI=1S/C16H16FN3O2/c1-8-6-13(22-20-8)16(21)19-10(3)12-7-11-4-5-18-15(11)9(2)14(12)17/h4-7,10,18H,1-3H3,(H,19,21)/t10-/m1/s1. The zero-order valence-corrected chi connectivity index (χ0v) is 12.5. The molecular formula is C16H16FN3O2. The average molecular weight is 301 g/mol. The smallest absolute Gasteiger partial charge is 0.290 e. The molecule has 0 aliphatic heterocycles. The van der Waals surface area contributed by atoms with Crippen LogP contribution in [0.2, 0.25) is 0 Å². The Morgan fingerprint density at radius 3 is 2.86 bits per heavy atom. The Bertz CT molecular complexity index is 850. The number of nitrogens with one attached hydrogen (secondary N) is 2. The van der Waals surface area contributed by atoms with Crippen LogP contribution >= 0.6 is 0 Å². The predicted octanol–water partition coefficient (Wildman–Crippen LogP) is 3.40. The first-order chi connectivity index (χ1) is 10.5. The Hall–Kier alpha value is -2.63. The number of hydrogen-bond acceptors (Lipinski definition) is 3. The van der Waals surface area contributed by atoms with Gasteiger partial charge in [-0.2, -0.15) is 0 Å². The third-order valence-electron chi connectivity index (χ3n) is 3.71. The van der Waals surface area contributed by atoms with E-state index in [1.807, 2.05) is 6.07 Å². The van der Waals surface area contributed by atoms with Crippen molar-refractivity contribution in [3.05, 3.63) is 52.8 Å². The molecule has 1 aromatic carbocycles. The molecule has 1 atom stereocenters. The molecule has 2 N–H and O–H groups in total. The van der Waals surface area contributed by atoms with Crippen LogP contribution in [-0.4, -0.2) is 16.0 Å². The molecule has 2 aromatic heterocycles. The highest BCUT2D eigenvalue weighted by Crippen LogP contribution is 2.27. The molecule has 3 rings (SSSR count). The minimum atomic E-state index is -0.490. The van der Waals surface area contributed by atoms with E-state index in [1.54, 1.807) is 39.1 Å². The zero-order valence-electron chi connectivity index (χ0n) is 12.5. The zero-order chi connectivity index (χ0) is 15.9. The third kappa shape index (κ3) is 2.36. The van der Waals surface area contributed by atoms with Crippen LogP contribution < -0.4 is 5.32 Å². The first-order valence-electron chi connectivity index (χ1n) is 6.97. The van der Waals surface area contributed by atoms with Crippen molar-refractivity contribution in [1.82, 2.24) is 15.5 Å². The summed E-state index contributed by atoms with van der Waals surface area (Å²) in [4.78, 5) is 15.1. The molecule has 5 nitrogen and oxygen atoms in total. The topological polar surface area (TPSA) is 70.9 Å². The van der Waals surface area contributed by atoms with E-state index >= 15 is 0 Å². The summed E-state index contributed by atoms with van der Waals surface area (Å²) >= 11 is 0. The lowest BCUT2D eigenvalue weighted by molar-refractivity contribution is 0.0902. The van der Waals surface area contributed by atoms with Crippen LogP contribution in [0.15, 0.2) is 28.9 Å². The average Bonchev–Trinajstić information content (AvgIpc) is 3.11. The van der Waals surface area contributed by atoms with Crippen molar-refractivity contribution in [3.63, 3.8) is 0 Å². The number of aryl methyl sites for hydroxylation is 2. The van der Waals surface area contributed by atoms with E-state index < -0.39 is 11.9 Å². The number of aromatic amines is 1. The SMILES string of the molecule is Cc1cc(C(=O)N[C@H](C)c2cc3cc[nH]c3c(C)c2F)on1. The van der Waals surface area contributed by atoms with E-state index in [9.17, 15) is 9.18 Å². The molecule has 0 saturated heterocycles. The molecule has 0 unspecified atom stereocenters. The molecule has 0 saturated carbocycles. The van der Waals surface area contributed by atoms with Crippen molar-refractivity contribution in [3.8, 4) is 0 Å². The predicted molar refractivity (Wildman–Crippen MR) is 80.1 cm³/mol. The largest absolute Gasteiger partial charge is 0.361 e. The Morgan fingerprint density at radius 1 is 1.41 bits per heavy atom. The van der Waals surface area contributed by atoms with E-state index in [-0.39, 0.29) is 11.6 Å². The van der Waals surface area contributed by atoms with Crippen molar-refractivity contribution in [2.45, 2.75) is 26.8 Å². The Labute approximate surface area is 126 Å². The number of carbonyl (C=O) groups excluding carboxylic acids is 1. The lowest BCUT2D eigenvalue weighted by atomic mass is 10.0. The normalized spacial score (nSPS) is 12.5. The van der Waals surface area contributed by atoms with Crippen LogP contribution in [-0.2, 0) is 0 Å². The van der Waals surface area contributed by atoms with Gasteiger partial charge >= 0.3 is 0 Å². The van der Waals surface area contributed by atoms with Crippen LogP contribution in [0.3, 0.4) is 0 Å². The highest BCUT2D eigenvalue weighted by molar-refractivity contribution is 5.92. The summed E-state index contributed by atoms with van der Waals surface area (Å²) in [6.07, 6.45) is 1.77. The van der Waals surface area contributed by atoms with Gasteiger partial charge in [-0.3, -0.25) is 4.79 Å². The minimum Gasteiger partial charge on any atom is -0.361 e. The maximum absolute atomic E-state index is 14.5. The van der Waals surface area contributed by atoms with Gasteiger partial charge in [-0.25, -0.2) is 4.39 Å². The monoisotopic (exact) mass is 301 g/mol. The molecule has 0 bridgehead atoms. The van der Waals surface area contributed by atoms with Crippen molar-refractivity contribution >= 4 is 16.8 Å². The first kappa shape index (κ1) is 14.3. The fraction of sp³-hybridized carbons (Fsp3) is 0.250. The molecule has 1 amide bonds. The van der Waals surface area contributed by atoms with Gasteiger partial charge in [0.2, 0.25) is 5.76 Å². The van der Waals surface area contributed by atoms with Gasteiger partial charge in [0, 0.05) is 28.8 Å². The van der Waals surface area contributed by atoms with Crippen molar-refractivity contribution in [2.24, 2.45) is 0 Å². The van der Waals surface area contributed by atoms with Gasteiger partial charge in [-0.1, -0.05) is 5.16 Å². The van der Waals surface area contributed by atoms with Crippen LogP contribution in [0.5, 0.6) is 0 Å². The summed E-state index contributed by atoms with van der Waals surface area (Å²) < 4.78 is 19.4. The molecule has 114 valence electrons. The van der Waals surface area contributed by atoms with Crippen molar-refractivity contribution < 1.29 is 13.7 Å². The maximum Gasteiger partial charge on any atom is 0.290 e. The molecule has 0 radical (unpaired) electrons. The number of H-pyrrole nitrogens is 1. The van der Waals surface area contributed by atoms with E-state index in [0.29, 0.717) is 16.8 Å². The Balaban J connectivity index is 1.90. The number of fused-ring (bicyclic) bond motifs is 1. The number of halogens is 1. The van der Waals surface area contributed by atoms with E-state index in [4.69, 9.17) is 4.52 Å². The fourth-order valence-corrected chi connectivity index (χ4v) is 2.51. The lowest BCUT2D eigenvalue weighted by Crippen LogP contribution is -2.27. The van der Waals surface area contributed by atoms with Crippen molar-refractivity contribution in [2.75, 3.05) is 0 Å². The second-order valence-electron chi connectivity index (χ2n) is 5.37. The van der Waals surface area contributed by atoms with Crippen LogP contribution in [0.1, 0.15) is 40.3 Å². The number of nitrogens with zero attached hydrogens (tertiary/aromatic N) is 1. The maximum atomic E-state index is 14.5. The molecule has 2 heterocycles. The summed E-state index contributed by atoms with van der Waals surface area (Å²) in [7, 11) is 0. The molecule has 6 heteroatoms. The van der Waals surface area contributed by atoms with Crippen LogP contribution in [0.4, 0.5) is 4.39 Å². The van der Waals surface area contributed by atoms with Gasteiger partial charge in [0.05, 0.1) is 17.3 Å². The molecule has 0 fully saturated rings. The van der Waals surface area contributed by atoms with Gasteiger partial charge in [0.15, 0.2) is 0 Å². The summed E-state index contributed by atoms with van der Waals surface area (Å²) in [6.45, 7) is 5.18. The lowest BCUT2D eigenvalue weighted by Gasteiger charge is -2.16. The summed E-state index contributed by atoms with van der Waals surface area (Å²) in [5.41, 5.74) is 2.36. The highest BCUT2D eigenvalue weighted by atomic mass is 19.1. The molecule has 0 aliphatic rings.